The summed E-state index contributed by atoms with van der Waals surface area (Å²) in [6.07, 6.45) is 5.70. The maximum absolute atomic E-state index is 13.0. The smallest absolute Gasteiger partial charge is 0.226 e. The fourth-order valence-electron chi connectivity index (χ4n) is 3.16. The summed E-state index contributed by atoms with van der Waals surface area (Å²) in [6.45, 7) is 3.41. The van der Waals surface area contributed by atoms with E-state index in [0.717, 1.165) is 49.4 Å². The zero-order valence-corrected chi connectivity index (χ0v) is 18.4. The topological polar surface area (TPSA) is 82.7 Å². The van der Waals surface area contributed by atoms with Crippen molar-refractivity contribution in [3.05, 3.63) is 42.0 Å². The van der Waals surface area contributed by atoms with Gasteiger partial charge in [0.2, 0.25) is 5.89 Å². The summed E-state index contributed by atoms with van der Waals surface area (Å²) < 4.78 is 18.5. The van der Waals surface area contributed by atoms with Crippen LogP contribution in [0.5, 0.6) is 0 Å². The molecule has 0 spiro atoms. The number of aliphatic hydroxyl groups is 1. The Morgan fingerprint density at radius 3 is 2.64 bits per heavy atom. The summed E-state index contributed by atoms with van der Waals surface area (Å²) in [5.74, 6) is 0.997. The molecule has 0 amide bonds. The first-order valence-corrected chi connectivity index (χ1v) is 9.57. The van der Waals surface area contributed by atoms with Gasteiger partial charge in [0.1, 0.15) is 12.1 Å². The Balaban J connectivity index is 0.00000280. The number of nitrogens with zero attached hydrogens (tertiary/aromatic N) is 2. The Kier molecular flexibility index (Phi) is 9.17. The molecule has 0 aliphatic heterocycles. The quantitative estimate of drug-likeness (QED) is 0.320. The van der Waals surface area contributed by atoms with Gasteiger partial charge in [-0.2, -0.15) is 0 Å². The van der Waals surface area contributed by atoms with E-state index in [-0.39, 0.29) is 35.9 Å². The molecule has 154 valence electrons. The molecule has 28 heavy (non-hydrogen) atoms. The summed E-state index contributed by atoms with van der Waals surface area (Å²) in [5.41, 5.74) is 1.57. The van der Waals surface area contributed by atoms with E-state index in [0.29, 0.717) is 24.9 Å². The molecule has 1 aliphatic rings. The van der Waals surface area contributed by atoms with E-state index in [1.165, 1.54) is 12.1 Å². The number of hydrogen-bond donors (Lipinski definition) is 3. The first kappa shape index (κ1) is 22.6. The average Bonchev–Trinajstić information content (AvgIpc) is 3.13. The molecule has 3 rings (SSSR count). The van der Waals surface area contributed by atoms with Gasteiger partial charge in [-0.05, 0) is 56.9 Å². The van der Waals surface area contributed by atoms with Gasteiger partial charge in [-0.25, -0.2) is 9.37 Å². The van der Waals surface area contributed by atoms with Gasteiger partial charge in [-0.3, -0.25) is 4.99 Å². The van der Waals surface area contributed by atoms with Crippen molar-refractivity contribution >= 4 is 29.9 Å². The van der Waals surface area contributed by atoms with Crippen LogP contribution < -0.4 is 10.6 Å². The highest BCUT2D eigenvalue weighted by atomic mass is 127. The van der Waals surface area contributed by atoms with Crippen molar-refractivity contribution in [1.29, 1.82) is 0 Å². The SMILES string of the molecule is CCNC(=NCCc1coc(-c2ccc(F)cc2)n1)NC1CCC(O)CC1.I. The molecule has 0 radical (unpaired) electrons. The number of nitrogens with one attached hydrogen (secondary N) is 2. The molecule has 1 aromatic carbocycles. The highest BCUT2D eigenvalue weighted by Crippen LogP contribution is 2.19. The maximum Gasteiger partial charge on any atom is 0.226 e. The number of aliphatic hydroxyl groups excluding tert-OH is 1. The van der Waals surface area contributed by atoms with Gasteiger partial charge in [-0.15, -0.1) is 24.0 Å². The molecule has 0 atom stereocenters. The van der Waals surface area contributed by atoms with Gasteiger partial charge in [0.05, 0.1) is 11.8 Å². The van der Waals surface area contributed by atoms with Gasteiger partial charge < -0.3 is 20.2 Å². The monoisotopic (exact) mass is 502 g/mol. The Hall–Kier alpha value is -1.68. The second-order valence-electron chi connectivity index (χ2n) is 6.81. The van der Waals surface area contributed by atoms with E-state index < -0.39 is 0 Å². The number of benzene rings is 1. The highest BCUT2D eigenvalue weighted by Gasteiger charge is 2.19. The van der Waals surface area contributed by atoms with E-state index in [2.05, 4.69) is 20.6 Å². The minimum Gasteiger partial charge on any atom is -0.444 e. The summed E-state index contributed by atoms with van der Waals surface area (Å²) in [7, 11) is 0. The largest absolute Gasteiger partial charge is 0.444 e. The first-order valence-electron chi connectivity index (χ1n) is 9.57. The number of aliphatic imine (C=N–C) groups is 1. The third kappa shape index (κ3) is 6.73. The predicted octanol–water partition coefficient (Wildman–Crippen LogP) is 3.50. The van der Waals surface area contributed by atoms with Crippen molar-refractivity contribution in [2.45, 2.75) is 51.2 Å². The van der Waals surface area contributed by atoms with Crippen LogP contribution >= 0.6 is 24.0 Å². The van der Waals surface area contributed by atoms with E-state index in [4.69, 9.17) is 4.42 Å². The Bertz CT molecular complexity index is 743. The number of aromatic nitrogens is 1. The predicted molar refractivity (Wildman–Crippen MR) is 118 cm³/mol. The number of oxazole rings is 1. The minimum atomic E-state index is -0.282. The fraction of sp³-hybridized carbons (Fsp3) is 0.500. The molecule has 8 heteroatoms. The number of guanidine groups is 1. The maximum atomic E-state index is 13.0. The van der Waals surface area contributed by atoms with Gasteiger partial charge in [0.15, 0.2) is 5.96 Å². The molecule has 1 aromatic heterocycles. The van der Waals surface area contributed by atoms with Crippen molar-refractivity contribution < 1.29 is 13.9 Å². The lowest BCUT2D eigenvalue weighted by Crippen LogP contribution is -2.45. The molecule has 3 N–H and O–H groups in total. The van der Waals surface area contributed by atoms with Crippen molar-refractivity contribution in [2.75, 3.05) is 13.1 Å². The molecule has 0 unspecified atom stereocenters. The van der Waals surface area contributed by atoms with Crippen molar-refractivity contribution in [3.8, 4) is 11.5 Å². The molecule has 0 bridgehead atoms. The lowest BCUT2D eigenvalue weighted by molar-refractivity contribution is 0.120. The second-order valence-corrected chi connectivity index (χ2v) is 6.81. The lowest BCUT2D eigenvalue weighted by atomic mass is 9.93. The van der Waals surface area contributed by atoms with Crippen LogP contribution in [0.1, 0.15) is 38.3 Å². The van der Waals surface area contributed by atoms with Crippen LogP contribution in [0.4, 0.5) is 4.39 Å². The van der Waals surface area contributed by atoms with Gasteiger partial charge in [0.25, 0.3) is 0 Å². The highest BCUT2D eigenvalue weighted by molar-refractivity contribution is 14.0. The Morgan fingerprint density at radius 2 is 1.96 bits per heavy atom. The van der Waals surface area contributed by atoms with Crippen LogP contribution in [0.2, 0.25) is 0 Å². The van der Waals surface area contributed by atoms with Crippen molar-refractivity contribution in [3.63, 3.8) is 0 Å². The third-order valence-corrected chi connectivity index (χ3v) is 4.66. The van der Waals surface area contributed by atoms with E-state index in [1.807, 2.05) is 6.92 Å². The zero-order valence-electron chi connectivity index (χ0n) is 16.0. The normalized spacial score (nSPS) is 19.8. The fourth-order valence-corrected chi connectivity index (χ4v) is 3.16. The number of rotatable bonds is 6. The van der Waals surface area contributed by atoms with Crippen LogP contribution in [-0.2, 0) is 6.42 Å². The Labute approximate surface area is 182 Å². The molecule has 1 saturated carbocycles. The molecular formula is C20H28FIN4O2. The molecule has 1 fully saturated rings. The second kappa shape index (κ2) is 11.4. The van der Waals surface area contributed by atoms with Gasteiger partial charge in [0, 0.05) is 31.1 Å². The molecule has 2 aromatic rings. The first-order chi connectivity index (χ1) is 13.1. The van der Waals surface area contributed by atoms with Gasteiger partial charge in [-0.1, -0.05) is 0 Å². The summed E-state index contributed by atoms with van der Waals surface area (Å²) in [5, 5.41) is 16.3. The molecule has 1 aliphatic carbocycles. The van der Waals surface area contributed by atoms with E-state index in [1.54, 1.807) is 18.4 Å². The number of hydrogen-bond acceptors (Lipinski definition) is 4. The van der Waals surface area contributed by atoms with E-state index >= 15 is 0 Å². The lowest BCUT2D eigenvalue weighted by Gasteiger charge is -2.27. The molecule has 1 heterocycles. The van der Waals surface area contributed by atoms with Crippen LogP contribution in [0.3, 0.4) is 0 Å². The minimum absolute atomic E-state index is 0. The molecule has 6 nitrogen and oxygen atoms in total. The van der Waals surface area contributed by atoms with Gasteiger partial charge >= 0.3 is 0 Å². The summed E-state index contributed by atoms with van der Waals surface area (Å²) in [6, 6.07) is 6.43. The molecular weight excluding hydrogens is 474 g/mol. The van der Waals surface area contributed by atoms with E-state index in [9.17, 15) is 9.50 Å². The van der Waals surface area contributed by atoms with Crippen LogP contribution in [0.15, 0.2) is 39.9 Å². The van der Waals surface area contributed by atoms with Crippen LogP contribution in [-0.4, -0.2) is 41.3 Å². The standard InChI is InChI=1S/C20H27FN4O2.HI/c1-2-22-20(25-16-7-9-18(26)10-8-16)23-12-11-17-13-27-19(24-17)14-3-5-15(21)6-4-14;/h3-6,13,16,18,26H,2,7-12H2,1H3,(H2,22,23,25);1H. The summed E-state index contributed by atoms with van der Waals surface area (Å²) >= 11 is 0. The summed E-state index contributed by atoms with van der Waals surface area (Å²) in [4.78, 5) is 9.07. The zero-order chi connectivity index (χ0) is 19.1. The average molecular weight is 502 g/mol. The molecule has 0 saturated heterocycles. The van der Waals surface area contributed by atoms with Crippen LogP contribution in [0.25, 0.3) is 11.5 Å². The van der Waals surface area contributed by atoms with Crippen molar-refractivity contribution in [2.24, 2.45) is 4.99 Å². The van der Waals surface area contributed by atoms with Crippen molar-refractivity contribution in [1.82, 2.24) is 15.6 Å². The Morgan fingerprint density at radius 1 is 1.25 bits per heavy atom. The third-order valence-electron chi connectivity index (χ3n) is 4.66. The van der Waals surface area contributed by atoms with Crippen LogP contribution in [0, 0.1) is 5.82 Å². The number of halogens is 2.